The highest BCUT2D eigenvalue weighted by Gasteiger charge is 2.41. The van der Waals surface area contributed by atoms with Crippen molar-refractivity contribution < 1.29 is 14.0 Å². The number of ether oxygens (including phenoxy) is 1. The summed E-state index contributed by atoms with van der Waals surface area (Å²) in [5.41, 5.74) is -0.434. The Bertz CT molecular complexity index is 396. The minimum atomic E-state index is -1.69. The molecule has 0 spiro atoms. The van der Waals surface area contributed by atoms with Crippen molar-refractivity contribution in [3.05, 3.63) is 0 Å². The van der Waals surface area contributed by atoms with E-state index in [0.29, 0.717) is 11.0 Å². The molecule has 0 saturated heterocycles. The van der Waals surface area contributed by atoms with Gasteiger partial charge in [-0.25, -0.2) is 4.79 Å². The fourth-order valence-corrected chi connectivity index (χ4v) is 4.81. The first-order valence-corrected chi connectivity index (χ1v) is 11.9. The van der Waals surface area contributed by atoms with Gasteiger partial charge in [0.25, 0.3) is 0 Å². The average Bonchev–Trinajstić information content (AvgIpc) is 2.29. The predicted octanol–water partition coefficient (Wildman–Crippen LogP) is 5.09. The number of amides is 1. The van der Waals surface area contributed by atoms with Crippen LogP contribution < -0.4 is 5.32 Å². The van der Waals surface area contributed by atoms with Crippen LogP contribution in [0.3, 0.4) is 0 Å². The van der Waals surface area contributed by atoms with Crippen molar-refractivity contribution in [2.45, 2.75) is 97.0 Å². The van der Waals surface area contributed by atoms with E-state index in [1.54, 1.807) is 0 Å². The maximum atomic E-state index is 11.7. The second kappa shape index (κ2) is 7.56. The molecule has 0 aliphatic heterocycles. The molecule has 23 heavy (non-hydrogen) atoms. The van der Waals surface area contributed by atoms with E-state index in [1.807, 2.05) is 20.8 Å². The fraction of sp³-hybridized carbons (Fsp3) is 0.944. The largest absolute Gasteiger partial charge is 0.444 e. The van der Waals surface area contributed by atoms with Gasteiger partial charge in [0.15, 0.2) is 8.32 Å². The lowest BCUT2D eigenvalue weighted by molar-refractivity contribution is 0.0423. The van der Waals surface area contributed by atoms with E-state index in [4.69, 9.17) is 9.16 Å². The van der Waals surface area contributed by atoms with Gasteiger partial charge in [-0.2, -0.15) is 0 Å². The molecular weight excluding hydrogens is 306 g/mol. The van der Waals surface area contributed by atoms with Gasteiger partial charge in [0.2, 0.25) is 0 Å². The normalized spacial score (nSPS) is 22.4. The number of nitrogens with one attached hydrogen (secondary N) is 1. The van der Waals surface area contributed by atoms with Gasteiger partial charge in [-0.1, -0.05) is 27.2 Å². The molecule has 1 fully saturated rings. The van der Waals surface area contributed by atoms with Gasteiger partial charge in [0, 0.05) is 12.6 Å². The van der Waals surface area contributed by atoms with E-state index >= 15 is 0 Å². The van der Waals surface area contributed by atoms with Crippen LogP contribution in [-0.2, 0) is 9.16 Å². The lowest BCUT2D eigenvalue weighted by Gasteiger charge is -2.42. The quantitative estimate of drug-likeness (QED) is 0.655. The minimum Gasteiger partial charge on any atom is -0.444 e. The molecule has 5 heteroatoms. The van der Waals surface area contributed by atoms with Crippen molar-refractivity contribution in [1.29, 1.82) is 0 Å². The highest BCUT2D eigenvalue weighted by atomic mass is 28.4. The Morgan fingerprint density at radius 2 is 1.74 bits per heavy atom. The summed E-state index contributed by atoms with van der Waals surface area (Å²) >= 11 is 0. The summed E-state index contributed by atoms with van der Waals surface area (Å²) in [6, 6.07) is 0.242. The summed E-state index contributed by atoms with van der Waals surface area (Å²) in [5.74, 6) is 0.569. The van der Waals surface area contributed by atoms with E-state index in [-0.39, 0.29) is 12.1 Å². The molecule has 4 nitrogen and oxygen atoms in total. The molecule has 136 valence electrons. The first kappa shape index (κ1) is 20.5. The Morgan fingerprint density at radius 3 is 2.22 bits per heavy atom. The molecule has 1 amide bonds. The van der Waals surface area contributed by atoms with Crippen LogP contribution in [0.1, 0.15) is 67.2 Å². The number of carbonyl (C=O) groups is 1. The zero-order valence-corrected chi connectivity index (χ0v) is 17.4. The van der Waals surface area contributed by atoms with Crippen LogP contribution in [0.2, 0.25) is 18.1 Å². The van der Waals surface area contributed by atoms with Gasteiger partial charge in [-0.3, -0.25) is 0 Å². The third-order valence-corrected chi connectivity index (χ3v) is 9.54. The first-order valence-electron chi connectivity index (χ1n) is 9.00. The molecular formula is C18H37NO3Si. The van der Waals surface area contributed by atoms with Crippen LogP contribution in [0.4, 0.5) is 4.79 Å². The molecule has 0 heterocycles. The van der Waals surface area contributed by atoms with Gasteiger partial charge < -0.3 is 14.5 Å². The van der Waals surface area contributed by atoms with Gasteiger partial charge in [-0.15, -0.1) is 0 Å². The van der Waals surface area contributed by atoms with Crippen molar-refractivity contribution in [2.75, 3.05) is 6.61 Å². The Balaban J connectivity index is 2.29. The molecule has 0 unspecified atom stereocenters. The SMILES string of the molecule is CCCC(C)(C)[Si](C)(C)OC[C@H]1C[C@H](NC(=O)OC(C)(C)C)C1. The Morgan fingerprint density at radius 1 is 1.17 bits per heavy atom. The second-order valence-electron chi connectivity index (χ2n) is 9.14. The maximum Gasteiger partial charge on any atom is 0.407 e. The van der Waals surface area contributed by atoms with Crippen molar-refractivity contribution >= 4 is 14.4 Å². The van der Waals surface area contributed by atoms with E-state index in [2.05, 4.69) is 39.2 Å². The number of carbonyl (C=O) groups excluding carboxylic acids is 1. The average molecular weight is 344 g/mol. The molecule has 0 radical (unpaired) electrons. The zero-order valence-electron chi connectivity index (χ0n) is 16.4. The highest BCUT2D eigenvalue weighted by Crippen LogP contribution is 2.42. The monoisotopic (exact) mass is 343 g/mol. The molecule has 1 N–H and O–H groups in total. The summed E-state index contributed by atoms with van der Waals surface area (Å²) in [4.78, 5) is 11.7. The van der Waals surface area contributed by atoms with E-state index in [9.17, 15) is 4.79 Å². The van der Waals surface area contributed by atoms with Crippen LogP contribution in [0, 0.1) is 5.92 Å². The van der Waals surface area contributed by atoms with Crippen LogP contribution in [0.5, 0.6) is 0 Å². The summed E-state index contributed by atoms with van der Waals surface area (Å²) in [6.07, 6.45) is 4.12. The Hall–Kier alpha value is -0.553. The summed E-state index contributed by atoms with van der Waals surface area (Å²) in [6.45, 7) is 18.1. The fourth-order valence-electron chi connectivity index (χ4n) is 2.91. The third-order valence-electron chi connectivity index (χ3n) is 5.14. The molecule has 1 aliphatic carbocycles. The van der Waals surface area contributed by atoms with Crippen LogP contribution in [-0.4, -0.2) is 32.7 Å². The van der Waals surface area contributed by atoms with Gasteiger partial charge in [0.1, 0.15) is 5.60 Å². The van der Waals surface area contributed by atoms with E-state index < -0.39 is 13.9 Å². The van der Waals surface area contributed by atoms with Crippen molar-refractivity contribution in [2.24, 2.45) is 5.92 Å². The third kappa shape index (κ3) is 6.46. The van der Waals surface area contributed by atoms with Crippen LogP contribution in [0.25, 0.3) is 0 Å². The number of rotatable bonds is 7. The number of alkyl carbamates (subject to hydrolysis) is 1. The lowest BCUT2D eigenvalue weighted by Crippen LogP contribution is -2.49. The molecule has 0 atom stereocenters. The standard InChI is InChI=1S/C18H37NO3Si/c1-9-10-18(5,6)23(7,8)21-13-14-11-15(12-14)19-16(20)22-17(2,3)4/h14-15H,9-13H2,1-8H3,(H,19,20)/t14-,15-. The molecule has 1 aliphatic rings. The number of hydrogen-bond donors (Lipinski definition) is 1. The van der Waals surface area contributed by atoms with Gasteiger partial charge in [-0.05, 0) is 64.1 Å². The molecule has 0 aromatic carbocycles. The lowest BCUT2D eigenvalue weighted by atomic mass is 9.81. The molecule has 0 aromatic rings. The van der Waals surface area contributed by atoms with Gasteiger partial charge in [0.05, 0.1) is 0 Å². The molecule has 1 rings (SSSR count). The smallest absolute Gasteiger partial charge is 0.407 e. The van der Waals surface area contributed by atoms with E-state index in [0.717, 1.165) is 19.4 Å². The summed E-state index contributed by atoms with van der Waals surface area (Å²) in [7, 11) is -1.69. The first-order chi connectivity index (χ1) is 10.4. The van der Waals surface area contributed by atoms with Crippen molar-refractivity contribution in [3.63, 3.8) is 0 Å². The van der Waals surface area contributed by atoms with Crippen molar-refractivity contribution in [1.82, 2.24) is 5.32 Å². The second-order valence-corrected chi connectivity index (χ2v) is 13.8. The summed E-state index contributed by atoms with van der Waals surface area (Å²) < 4.78 is 11.7. The van der Waals surface area contributed by atoms with Crippen LogP contribution >= 0.6 is 0 Å². The molecule has 0 bridgehead atoms. The number of hydrogen-bond acceptors (Lipinski definition) is 3. The predicted molar refractivity (Wildman–Crippen MR) is 98.3 cm³/mol. The maximum absolute atomic E-state index is 11.7. The molecule has 0 aromatic heterocycles. The van der Waals surface area contributed by atoms with Crippen LogP contribution in [0.15, 0.2) is 0 Å². The minimum absolute atomic E-state index is 0.242. The highest BCUT2D eigenvalue weighted by molar-refractivity contribution is 6.74. The van der Waals surface area contributed by atoms with Gasteiger partial charge >= 0.3 is 6.09 Å². The Labute approximate surface area is 143 Å². The molecule has 1 saturated carbocycles. The summed E-state index contributed by atoms with van der Waals surface area (Å²) in [5, 5.41) is 3.25. The van der Waals surface area contributed by atoms with E-state index in [1.165, 1.54) is 12.8 Å². The van der Waals surface area contributed by atoms with Crippen molar-refractivity contribution in [3.8, 4) is 0 Å². The zero-order chi connectivity index (χ0) is 17.9. The topological polar surface area (TPSA) is 47.6 Å². The Kier molecular flexibility index (Phi) is 6.73.